The second-order valence-corrected chi connectivity index (χ2v) is 8.42. The molecule has 0 N–H and O–H groups in total. The van der Waals surface area contributed by atoms with E-state index in [0.29, 0.717) is 0 Å². The van der Waals surface area contributed by atoms with Crippen LogP contribution in [0.25, 0.3) is 20.1 Å². The normalized spacial score (nSPS) is 11.3. The van der Waals surface area contributed by atoms with Crippen LogP contribution in [0.1, 0.15) is 57.9 Å². The second kappa shape index (κ2) is 9.30. The molecule has 3 heterocycles. The Morgan fingerprint density at radius 3 is 2.32 bits per heavy atom. The molecule has 3 aromatic rings. The van der Waals surface area contributed by atoms with Crippen molar-refractivity contribution in [3.8, 4) is 15.8 Å². The van der Waals surface area contributed by atoms with Gasteiger partial charge >= 0.3 is 0 Å². The number of aromatic nitrogens is 2. The van der Waals surface area contributed by atoms with Crippen molar-refractivity contribution in [2.24, 2.45) is 0 Å². The summed E-state index contributed by atoms with van der Waals surface area (Å²) >= 11 is 3.47. The molecule has 3 nitrogen and oxygen atoms in total. The van der Waals surface area contributed by atoms with E-state index < -0.39 is 0 Å². The predicted octanol–water partition coefficient (Wildman–Crippen LogP) is 6.72. The molecule has 3 aromatic heterocycles. The summed E-state index contributed by atoms with van der Waals surface area (Å²) in [6, 6.07) is 4.34. The van der Waals surface area contributed by atoms with Crippen molar-refractivity contribution in [2.75, 3.05) is 6.61 Å². The average Bonchev–Trinajstić information content (AvgIpc) is 3.20. The molecule has 25 heavy (non-hydrogen) atoms. The zero-order valence-corrected chi connectivity index (χ0v) is 16.7. The molecule has 0 unspecified atom stereocenters. The molecule has 0 aromatic carbocycles. The average molecular weight is 375 g/mol. The van der Waals surface area contributed by atoms with Gasteiger partial charge in [0.25, 0.3) is 0 Å². The van der Waals surface area contributed by atoms with Gasteiger partial charge in [0.1, 0.15) is 0 Å². The zero-order chi connectivity index (χ0) is 17.5. The third-order valence-corrected chi connectivity index (χ3v) is 6.46. The summed E-state index contributed by atoms with van der Waals surface area (Å²) < 4.78 is 8.46. The van der Waals surface area contributed by atoms with Gasteiger partial charge in [-0.05, 0) is 24.5 Å². The van der Waals surface area contributed by atoms with Gasteiger partial charge in [0, 0.05) is 27.9 Å². The van der Waals surface area contributed by atoms with E-state index in [0.717, 1.165) is 35.2 Å². The number of ether oxygens (including phenoxy) is 1. The van der Waals surface area contributed by atoms with Crippen molar-refractivity contribution in [2.45, 2.75) is 58.8 Å². The minimum Gasteiger partial charge on any atom is -0.484 e. The van der Waals surface area contributed by atoms with E-state index in [2.05, 4.69) is 35.9 Å². The van der Waals surface area contributed by atoms with Gasteiger partial charge in [0.2, 0.25) is 0 Å². The monoisotopic (exact) mass is 374 g/mol. The van der Waals surface area contributed by atoms with E-state index in [-0.39, 0.29) is 0 Å². The number of fused-ring (bicyclic) bond motifs is 1. The summed E-state index contributed by atoms with van der Waals surface area (Å²) in [5.74, 6) is 0.820. The first-order valence-electron chi connectivity index (χ1n) is 9.27. The molecule has 0 fully saturated rings. The Morgan fingerprint density at radius 1 is 0.880 bits per heavy atom. The highest BCUT2D eigenvalue weighted by molar-refractivity contribution is 7.30. The molecule has 5 heteroatoms. The molecule has 3 rings (SSSR count). The first kappa shape index (κ1) is 18.3. The number of thiophene rings is 2. The van der Waals surface area contributed by atoms with Crippen LogP contribution in [0.5, 0.6) is 5.06 Å². The van der Waals surface area contributed by atoms with Gasteiger partial charge in [0.05, 0.1) is 11.5 Å². The summed E-state index contributed by atoms with van der Waals surface area (Å²) in [5.41, 5.74) is 1.17. The predicted molar refractivity (Wildman–Crippen MR) is 109 cm³/mol. The molecule has 0 atom stereocenters. The minimum atomic E-state index is 0.820. The molecule has 0 amide bonds. The van der Waals surface area contributed by atoms with Crippen LogP contribution >= 0.6 is 22.7 Å². The van der Waals surface area contributed by atoms with Crippen molar-refractivity contribution in [1.29, 1.82) is 0 Å². The second-order valence-electron chi connectivity index (χ2n) is 6.29. The van der Waals surface area contributed by atoms with Gasteiger partial charge in [-0.2, -0.15) is 0 Å². The lowest BCUT2D eigenvalue weighted by Gasteiger charge is -2.03. The Bertz CT molecular complexity index is 745. The van der Waals surface area contributed by atoms with Crippen LogP contribution in [-0.4, -0.2) is 16.6 Å². The molecule has 134 valence electrons. The van der Waals surface area contributed by atoms with Crippen molar-refractivity contribution in [1.82, 2.24) is 9.97 Å². The molecule has 0 saturated carbocycles. The zero-order valence-electron chi connectivity index (χ0n) is 15.1. The minimum absolute atomic E-state index is 0.820. The highest BCUT2D eigenvalue weighted by Gasteiger charge is 2.11. The van der Waals surface area contributed by atoms with Gasteiger partial charge in [-0.1, -0.05) is 57.3 Å². The lowest BCUT2D eigenvalue weighted by atomic mass is 10.1. The molecule has 0 aliphatic carbocycles. The molecule has 0 aliphatic rings. The van der Waals surface area contributed by atoms with Crippen molar-refractivity contribution >= 4 is 32.1 Å². The van der Waals surface area contributed by atoms with Gasteiger partial charge < -0.3 is 4.74 Å². The van der Waals surface area contributed by atoms with Crippen LogP contribution in [-0.2, 0) is 6.42 Å². The van der Waals surface area contributed by atoms with Crippen molar-refractivity contribution in [3.63, 3.8) is 0 Å². The van der Waals surface area contributed by atoms with E-state index in [1.165, 1.54) is 47.1 Å². The molecule has 0 aliphatic heterocycles. The fraction of sp³-hybridized carbons (Fsp3) is 0.500. The van der Waals surface area contributed by atoms with E-state index >= 15 is 0 Å². The summed E-state index contributed by atoms with van der Waals surface area (Å²) in [4.78, 5) is 10.1. The van der Waals surface area contributed by atoms with E-state index in [1.54, 1.807) is 22.7 Å². The van der Waals surface area contributed by atoms with Crippen LogP contribution in [0.2, 0.25) is 0 Å². The number of hydrogen-bond acceptors (Lipinski definition) is 5. The fourth-order valence-corrected chi connectivity index (χ4v) is 4.92. The number of unbranched alkanes of at least 4 members (excludes halogenated alkanes) is 5. The first-order valence-corrected chi connectivity index (χ1v) is 10.9. The van der Waals surface area contributed by atoms with Crippen LogP contribution in [0.4, 0.5) is 0 Å². The maximum Gasteiger partial charge on any atom is 0.175 e. The number of aryl methyl sites for hydroxylation is 1. The number of hydrogen-bond donors (Lipinski definition) is 0. The lowest BCUT2D eigenvalue weighted by molar-refractivity contribution is 0.313. The van der Waals surface area contributed by atoms with E-state index in [4.69, 9.17) is 4.74 Å². The van der Waals surface area contributed by atoms with Crippen LogP contribution in [0, 0.1) is 0 Å². The Hall–Kier alpha value is -1.46. The largest absolute Gasteiger partial charge is 0.484 e. The molecule has 0 bridgehead atoms. The topological polar surface area (TPSA) is 35.0 Å². The van der Waals surface area contributed by atoms with Gasteiger partial charge in [-0.15, -0.1) is 11.3 Å². The summed E-state index contributed by atoms with van der Waals surface area (Å²) in [5, 5.41) is 1.03. The van der Waals surface area contributed by atoms with Gasteiger partial charge in [-0.25, -0.2) is 9.97 Å². The van der Waals surface area contributed by atoms with E-state index in [1.807, 2.05) is 12.4 Å². The standard InChI is InChI=1S/C20H26N2OS2/c1-3-5-6-7-8-9-10-23-19-12-17-16(25-19)11-18(24-17)20-21-13-15(4-2)14-22-20/h11-14H,3-10H2,1-2H3. The Balaban J connectivity index is 1.52. The Morgan fingerprint density at radius 2 is 1.60 bits per heavy atom. The molecular weight excluding hydrogens is 348 g/mol. The Labute approximate surface area is 158 Å². The lowest BCUT2D eigenvalue weighted by Crippen LogP contribution is -1.95. The highest BCUT2D eigenvalue weighted by Crippen LogP contribution is 2.40. The van der Waals surface area contributed by atoms with Crippen LogP contribution < -0.4 is 4.74 Å². The molecular formula is C20H26N2OS2. The van der Waals surface area contributed by atoms with Gasteiger partial charge in [0.15, 0.2) is 10.9 Å². The maximum atomic E-state index is 5.93. The summed E-state index contributed by atoms with van der Waals surface area (Å²) in [6.07, 6.45) is 12.6. The van der Waals surface area contributed by atoms with Gasteiger partial charge in [-0.3, -0.25) is 0 Å². The van der Waals surface area contributed by atoms with Crippen molar-refractivity contribution in [3.05, 3.63) is 30.1 Å². The summed E-state index contributed by atoms with van der Waals surface area (Å²) in [7, 11) is 0. The third kappa shape index (κ3) is 5.02. The fourth-order valence-electron chi connectivity index (χ4n) is 2.71. The Kier molecular flexibility index (Phi) is 6.82. The number of nitrogens with zero attached hydrogens (tertiary/aromatic N) is 2. The smallest absolute Gasteiger partial charge is 0.175 e. The first-order chi connectivity index (χ1) is 12.3. The van der Waals surface area contributed by atoms with Crippen molar-refractivity contribution < 1.29 is 4.74 Å². The quantitative estimate of drug-likeness (QED) is 0.369. The number of rotatable bonds is 10. The molecule has 0 radical (unpaired) electrons. The molecule has 0 spiro atoms. The third-order valence-electron chi connectivity index (χ3n) is 4.26. The van der Waals surface area contributed by atoms with E-state index in [9.17, 15) is 0 Å². The molecule has 0 saturated heterocycles. The summed E-state index contributed by atoms with van der Waals surface area (Å²) in [6.45, 7) is 5.20. The SMILES string of the molecule is CCCCCCCCOc1cc2sc(-c3ncc(CC)cn3)cc2s1. The van der Waals surface area contributed by atoms with Crippen LogP contribution in [0.3, 0.4) is 0 Å². The maximum absolute atomic E-state index is 5.93. The van der Waals surface area contributed by atoms with Crippen LogP contribution in [0.15, 0.2) is 24.5 Å². The highest BCUT2D eigenvalue weighted by atomic mass is 32.1.